The zero-order valence-electron chi connectivity index (χ0n) is 10.7. The Labute approximate surface area is 104 Å². The summed E-state index contributed by atoms with van der Waals surface area (Å²) in [6.45, 7) is 6.76. The van der Waals surface area contributed by atoms with Gasteiger partial charge in [-0.25, -0.2) is 0 Å². The van der Waals surface area contributed by atoms with Crippen LogP contribution in [0.3, 0.4) is 0 Å². The minimum atomic E-state index is 0.697. The van der Waals surface area contributed by atoms with E-state index in [-0.39, 0.29) is 0 Å². The van der Waals surface area contributed by atoms with Crippen LogP contribution in [0.15, 0.2) is 24.9 Å². The lowest BCUT2D eigenvalue weighted by Crippen LogP contribution is -2.23. The molecule has 1 nitrogen and oxygen atoms in total. The van der Waals surface area contributed by atoms with E-state index in [0.717, 1.165) is 11.8 Å². The van der Waals surface area contributed by atoms with Crippen molar-refractivity contribution in [1.29, 1.82) is 0 Å². The number of nitrogens with zero attached hydrogens (tertiary/aromatic N) is 1. The zero-order chi connectivity index (χ0) is 11.8. The third-order valence-corrected chi connectivity index (χ3v) is 4.67. The van der Waals surface area contributed by atoms with E-state index >= 15 is 0 Å². The van der Waals surface area contributed by atoms with Gasteiger partial charge in [-0.1, -0.05) is 26.0 Å². The molecule has 17 heavy (non-hydrogen) atoms. The summed E-state index contributed by atoms with van der Waals surface area (Å²) in [6.07, 6.45) is 8.50. The molecule has 3 atom stereocenters. The number of hydrogen-bond acceptors (Lipinski definition) is 1. The summed E-state index contributed by atoms with van der Waals surface area (Å²) < 4.78 is 0. The van der Waals surface area contributed by atoms with Crippen molar-refractivity contribution in [3.05, 3.63) is 36.2 Å². The maximum atomic E-state index is 4.57. The topological polar surface area (TPSA) is 12.9 Å². The van der Waals surface area contributed by atoms with Crippen LogP contribution >= 0.6 is 0 Å². The summed E-state index contributed by atoms with van der Waals surface area (Å²) in [5, 5.41) is 0. The van der Waals surface area contributed by atoms with Gasteiger partial charge in [0, 0.05) is 6.20 Å². The number of pyridine rings is 1. The van der Waals surface area contributed by atoms with Crippen LogP contribution < -0.4 is 0 Å². The van der Waals surface area contributed by atoms with Gasteiger partial charge >= 0.3 is 0 Å². The van der Waals surface area contributed by atoms with Gasteiger partial charge in [0.05, 0.1) is 5.69 Å². The smallest absolute Gasteiger partial charge is 0.0690 e. The Morgan fingerprint density at radius 1 is 1.29 bits per heavy atom. The molecule has 3 rings (SSSR count). The predicted molar refractivity (Wildman–Crippen MR) is 71.6 cm³/mol. The Bertz CT molecular complexity index is 435. The molecule has 0 saturated heterocycles. The van der Waals surface area contributed by atoms with E-state index in [9.17, 15) is 0 Å². The molecule has 2 aliphatic rings. The number of rotatable bonds is 0. The SMILES string of the molecule is C=C1c2ncccc2CCC2CC(C)CCC12. The second-order valence-electron chi connectivity index (χ2n) is 5.86. The standard InChI is InChI=1S/C16H21N/c1-11-5-8-15-12(2)16-13(4-3-9-17-16)6-7-14(15)10-11/h3-4,9,11,14-15H,2,5-8,10H2,1H3. The molecule has 1 heterocycles. The van der Waals surface area contributed by atoms with Crippen molar-refractivity contribution in [3.8, 4) is 0 Å². The van der Waals surface area contributed by atoms with Crippen LogP contribution in [0.1, 0.15) is 43.9 Å². The van der Waals surface area contributed by atoms with Gasteiger partial charge in [-0.2, -0.15) is 0 Å². The van der Waals surface area contributed by atoms with Gasteiger partial charge in [0.15, 0.2) is 0 Å². The van der Waals surface area contributed by atoms with Gasteiger partial charge in [0.2, 0.25) is 0 Å². The fourth-order valence-corrected chi connectivity index (χ4v) is 3.72. The molecule has 1 aromatic heterocycles. The fourth-order valence-electron chi connectivity index (χ4n) is 3.72. The van der Waals surface area contributed by atoms with Gasteiger partial charge in [-0.15, -0.1) is 0 Å². The van der Waals surface area contributed by atoms with Gasteiger partial charge in [-0.3, -0.25) is 4.98 Å². The molecule has 1 saturated carbocycles. The van der Waals surface area contributed by atoms with Crippen LogP contribution in [-0.2, 0) is 6.42 Å². The summed E-state index contributed by atoms with van der Waals surface area (Å²) in [5.74, 6) is 2.45. The highest BCUT2D eigenvalue weighted by molar-refractivity contribution is 5.66. The molecule has 2 aliphatic carbocycles. The summed E-state index contributed by atoms with van der Waals surface area (Å²) in [7, 11) is 0. The van der Waals surface area contributed by atoms with E-state index in [1.807, 2.05) is 6.20 Å². The van der Waals surface area contributed by atoms with Gasteiger partial charge in [-0.05, 0) is 60.6 Å². The molecule has 90 valence electrons. The zero-order valence-corrected chi connectivity index (χ0v) is 10.7. The van der Waals surface area contributed by atoms with E-state index in [4.69, 9.17) is 0 Å². The molecule has 0 aliphatic heterocycles. The number of allylic oxidation sites excluding steroid dienone is 1. The van der Waals surface area contributed by atoms with Crippen molar-refractivity contribution >= 4 is 5.57 Å². The highest BCUT2D eigenvalue weighted by Gasteiger charge is 2.33. The van der Waals surface area contributed by atoms with Gasteiger partial charge in [0.25, 0.3) is 0 Å². The molecule has 0 bridgehead atoms. The monoisotopic (exact) mass is 227 g/mol. The number of aryl methyl sites for hydroxylation is 1. The largest absolute Gasteiger partial charge is 0.256 e. The maximum Gasteiger partial charge on any atom is 0.0690 e. The van der Waals surface area contributed by atoms with Crippen molar-refractivity contribution < 1.29 is 0 Å². The molecule has 0 aromatic carbocycles. The van der Waals surface area contributed by atoms with E-state index < -0.39 is 0 Å². The molecular formula is C16H21N. The first-order chi connectivity index (χ1) is 8.25. The first-order valence-corrected chi connectivity index (χ1v) is 6.88. The van der Waals surface area contributed by atoms with Crippen LogP contribution in [0.25, 0.3) is 5.57 Å². The lowest BCUT2D eigenvalue weighted by atomic mass is 9.71. The molecular weight excluding hydrogens is 206 g/mol. The lowest BCUT2D eigenvalue weighted by Gasteiger charge is -2.34. The van der Waals surface area contributed by atoms with E-state index in [1.54, 1.807) is 0 Å². The highest BCUT2D eigenvalue weighted by Crippen LogP contribution is 2.45. The lowest BCUT2D eigenvalue weighted by molar-refractivity contribution is 0.224. The van der Waals surface area contributed by atoms with Crippen LogP contribution in [0.5, 0.6) is 0 Å². The number of hydrogen-bond donors (Lipinski definition) is 0. The number of fused-ring (bicyclic) bond motifs is 2. The Kier molecular flexibility index (Phi) is 2.78. The molecule has 1 heteroatoms. The van der Waals surface area contributed by atoms with E-state index in [2.05, 4.69) is 30.6 Å². The molecule has 3 unspecified atom stereocenters. The molecule has 0 N–H and O–H groups in total. The average molecular weight is 227 g/mol. The van der Waals surface area contributed by atoms with Crippen molar-refractivity contribution in [2.24, 2.45) is 17.8 Å². The third-order valence-electron chi connectivity index (χ3n) is 4.67. The highest BCUT2D eigenvalue weighted by atomic mass is 14.7. The molecule has 0 spiro atoms. The first kappa shape index (κ1) is 11.0. The van der Waals surface area contributed by atoms with E-state index in [1.165, 1.54) is 48.9 Å². The molecule has 1 fully saturated rings. The third kappa shape index (κ3) is 1.92. The van der Waals surface area contributed by atoms with Crippen LogP contribution in [0.4, 0.5) is 0 Å². The van der Waals surface area contributed by atoms with Crippen LogP contribution in [0.2, 0.25) is 0 Å². The minimum Gasteiger partial charge on any atom is -0.256 e. The Morgan fingerprint density at radius 3 is 3.06 bits per heavy atom. The second-order valence-corrected chi connectivity index (χ2v) is 5.86. The predicted octanol–water partition coefficient (Wildman–Crippen LogP) is 4.09. The van der Waals surface area contributed by atoms with E-state index in [0.29, 0.717) is 5.92 Å². The quantitative estimate of drug-likeness (QED) is 0.650. The van der Waals surface area contributed by atoms with Crippen molar-refractivity contribution in [1.82, 2.24) is 4.98 Å². The summed E-state index contributed by atoms with van der Waals surface area (Å²) in [5.41, 5.74) is 3.93. The van der Waals surface area contributed by atoms with Crippen LogP contribution in [0, 0.1) is 17.8 Å². The maximum absolute atomic E-state index is 4.57. The first-order valence-electron chi connectivity index (χ1n) is 6.88. The Hall–Kier alpha value is -1.11. The average Bonchev–Trinajstić information content (AvgIpc) is 2.48. The van der Waals surface area contributed by atoms with Gasteiger partial charge in [0.1, 0.15) is 0 Å². The summed E-state index contributed by atoms with van der Waals surface area (Å²) in [4.78, 5) is 4.57. The molecule has 0 radical (unpaired) electrons. The summed E-state index contributed by atoms with van der Waals surface area (Å²) >= 11 is 0. The fraction of sp³-hybridized carbons (Fsp3) is 0.562. The Morgan fingerprint density at radius 2 is 2.18 bits per heavy atom. The number of aromatic nitrogens is 1. The Balaban J connectivity index is 1.95. The molecule has 1 aromatic rings. The normalized spacial score (nSPS) is 32.5. The van der Waals surface area contributed by atoms with Crippen molar-refractivity contribution in [2.75, 3.05) is 0 Å². The minimum absolute atomic E-state index is 0.697. The van der Waals surface area contributed by atoms with Crippen LogP contribution in [-0.4, -0.2) is 4.98 Å². The van der Waals surface area contributed by atoms with Gasteiger partial charge < -0.3 is 0 Å². The summed E-state index contributed by atoms with van der Waals surface area (Å²) in [6, 6.07) is 4.29. The molecule has 0 amide bonds. The van der Waals surface area contributed by atoms with Crippen molar-refractivity contribution in [3.63, 3.8) is 0 Å². The second kappa shape index (κ2) is 4.29. The van der Waals surface area contributed by atoms with Crippen molar-refractivity contribution in [2.45, 2.75) is 39.0 Å².